The van der Waals surface area contributed by atoms with Crippen LogP contribution in [-0.2, 0) is 11.4 Å². The maximum Gasteiger partial charge on any atom is 0.250 e. The van der Waals surface area contributed by atoms with Crippen LogP contribution in [0.3, 0.4) is 0 Å². The number of aryl methyl sites for hydroxylation is 1. The lowest BCUT2D eigenvalue weighted by Crippen LogP contribution is -2.20. The van der Waals surface area contributed by atoms with Crippen molar-refractivity contribution >= 4 is 23.9 Å². The van der Waals surface area contributed by atoms with E-state index in [1.54, 1.807) is 19.4 Å². The first-order chi connectivity index (χ1) is 20.1. The molecule has 0 aliphatic rings. The molecule has 0 fully saturated rings. The van der Waals surface area contributed by atoms with Crippen LogP contribution in [0.1, 0.15) is 16.7 Å². The number of carbonyl (C=O) groups excluding carboxylic acids is 1. The number of para-hydroxylation sites is 1. The number of rotatable bonds is 11. The van der Waals surface area contributed by atoms with Crippen molar-refractivity contribution in [1.29, 1.82) is 0 Å². The highest BCUT2D eigenvalue weighted by Gasteiger charge is 2.17. The summed E-state index contributed by atoms with van der Waals surface area (Å²) < 4.78 is 13.4. The monoisotopic (exact) mass is 563 g/mol. The Kier molecular flexibility index (Phi) is 9.08. The molecule has 5 rings (SSSR count). The molecule has 0 aliphatic heterocycles. The molecule has 0 saturated heterocycles. The van der Waals surface area contributed by atoms with E-state index < -0.39 is 0 Å². The first-order valence-electron chi connectivity index (χ1n) is 13.0. The largest absolute Gasteiger partial charge is 0.493 e. The molecule has 0 radical (unpaired) electrons. The molecule has 0 spiro atoms. The number of methoxy groups -OCH3 is 1. The Labute approximate surface area is 243 Å². The van der Waals surface area contributed by atoms with Gasteiger partial charge in [-0.2, -0.15) is 5.10 Å². The minimum atomic E-state index is -0.264. The molecule has 4 aromatic carbocycles. The predicted octanol–water partition coefficient (Wildman–Crippen LogP) is 6.07. The number of carbonyl (C=O) groups is 1. The van der Waals surface area contributed by atoms with Crippen molar-refractivity contribution in [1.82, 2.24) is 20.2 Å². The number of nitrogens with one attached hydrogen (secondary N) is 1. The number of thioether (sulfide) groups is 1. The fourth-order valence-corrected chi connectivity index (χ4v) is 4.77. The number of benzene rings is 4. The Hall–Kier alpha value is -4.89. The van der Waals surface area contributed by atoms with Gasteiger partial charge < -0.3 is 9.47 Å². The summed E-state index contributed by atoms with van der Waals surface area (Å²) in [7, 11) is 1.60. The third-order valence-electron chi connectivity index (χ3n) is 6.12. The van der Waals surface area contributed by atoms with Gasteiger partial charge >= 0.3 is 0 Å². The van der Waals surface area contributed by atoms with Gasteiger partial charge in [0, 0.05) is 11.3 Å². The van der Waals surface area contributed by atoms with E-state index in [4.69, 9.17) is 9.47 Å². The van der Waals surface area contributed by atoms with Gasteiger partial charge in [0.15, 0.2) is 22.5 Å². The number of ether oxygens (including phenoxy) is 2. The van der Waals surface area contributed by atoms with Gasteiger partial charge in [0.1, 0.15) is 6.61 Å². The lowest BCUT2D eigenvalue weighted by molar-refractivity contribution is -0.118. The molecule has 8 nitrogen and oxygen atoms in total. The maximum atomic E-state index is 12.6. The van der Waals surface area contributed by atoms with Crippen LogP contribution in [0.4, 0.5) is 0 Å². The molecule has 0 aliphatic carbocycles. The second-order valence-corrected chi connectivity index (χ2v) is 10.1. The molecule has 0 bridgehead atoms. The van der Waals surface area contributed by atoms with Crippen molar-refractivity contribution in [2.45, 2.75) is 18.7 Å². The van der Waals surface area contributed by atoms with Crippen molar-refractivity contribution in [3.8, 4) is 28.6 Å². The van der Waals surface area contributed by atoms with Gasteiger partial charge in [0.05, 0.1) is 19.1 Å². The molecule has 9 heteroatoms. The summed E-state index contributed by atoms with van der Waals surface area (Å²) in [6, 6.07) is 33.3. The second-order valence-electron chi connectivity index (χ2n) is 9.11. The van der Waals surface area contributed by atoms with E-state index in [2.05, 4.69) is 20.7 Å². The van der Waals surface area contributed by atoms with Gasteiger partial charge in [-0.3, -0.25) is 9.36 Å². The quantitative estimate of drug-likeness (QED) is 0.119. The molecule has 1 heterocycles. The first-order valence-corrected chi connectivity index (χ1v) is 14.0. The van der Waals surface area contributed by atoms with Crippen molar-refractivity contribution in [3.63, 3.8) is 0 Å². The van der Waals surface area contributed by atoms with E-state index in [-0.39, 0.29) is 11.7 Å². The fraction of sp³-hybridized carbons (Fsp3) is 0.125. The van der Waals surface area contributed by atoms with Crippen LogP contribution in [0.2, 0.25) is 0 Å². The normalized spacial score (nSPS) is 11.0. The number of aromatic nitrogens is 3. The van der Waals surface area contributed by atoms with E-state index in [0.717, 1.165) is 27.9 Å². The van der Waals surface area contributed by atoms with Gasteiger partial charge in [-0.15, -0.1) is 10.2 Å². The minimum absolute atomic E-state index is 0.115. The van der Waals surface area contributed by atoms with Gasteiger partial charge in [0.2, 0.25) is 0 Å². The van der Waals surface area contributed by atoms with Gasteiger partial charge in [-0.05, 0) is 48.4 Å². The summed E-state index contributed by atoms with van der Waals surface area (Å²) >= 11 is 1.29. The molecule has 206 valence electrons. The molecule has 0 atom stereocenters. The van der Waals surface area contributed by atoms with Crippen LogP contribution in [0.15, 0.2) is 113 Å². The van der Waals surface area contributed by atoms with E-state index in [9.17, 15) is 4.79 Å². The maximum absolute atomic E-state index is 12.6. The molecule has 0 saturated carbocycles. The third-order valence-corrected chi connectivity index (χ3v) is 7.05. The second kappa shape index (κ2) is 13.5. The number of hydrazone groups is 1. The van der Waals surface area contributed by atoms with Crippen LogP contribution >= 0.6 is 11.8 Å². The number of hydrogen-bond donors (Lipinski definition) is 1. The molecule has 5 aromatic rings. The van der Waals surface area contributed by atoms with Crippen LogP contribution in [-0.4, -0.2) is 39.7 Å². The van der Waals surface area contributed by atoms with Crippen LogP contribution in [0, 0.1) is 6.92 Å². The SMILES string of the molecule is COc1ccc(/C=N/NC(=O)CSc2nnc(-c3ccc(C)cc3)n2-c2ccccc2)cc1OCc1ccccc1. The van der Waals surface area contributed by atoms with Crippen LogP contribution < -0.4 is 14.9 Å². The van der Waals surface area contributed by atoms with E-state index in [0.29, 0.717) is 29.1 Å². The standard InChI is InChI=1S/C32H29N5O3S/c1-23-13-16-26(17-14-23)31-35-36-32(37(31)27-11-7-4-8-12-27)41-22-30(38)34-33-20-25-15-18-28(39-2)29(19-25)40-21-24-9-5-3-6-10-24/h3-20H,21-22H2,1-2H3,(H,34,38)/b33-20+. The lowest BCUT2D eigenvalue weighted by Gasteiger charge is -2.11. The zero-order valence-electron chi connectivity index (χ0n) is 22.7. The van der Waals surface area contributed by atoms with Crippen molar-refractivity contribution in [2.75, 3.05) is 12.9 Å². The highest BCUT2D eigenvalue weighted by Crippen LogP contribution is 2.29. The van der Waals surface area contributed by atoms with Gasteiger partial charge in [-0.25, -0.2) is 5.43 Å². The van der Waals surface area contributed by atoms with Crippen molar-refractivity contribution in [2.24, 2.45) is 5.10 Å². The fourth-order valence-electron chi connectivity index (χ4n) is 4.03. The van der Waals surface area contributed by atoms with E-state index >= 15 is 0 Å². The Morgan fingerprint density at radius 3 is 2.39 bits per heavy atom. The van der Waals surface area contributed by atoms with E-state index in [1.807, 2.05) is 109 Å². The average Bonchev–Trinajstić information content (AvgIpc) is 3.44. The molecule has 0 unspecified atom stereocenters. The van der Waals surface area contributed by atoms with Gasteiger partial charge in [0.25, 0.3) is 5.91 Å². The molecular weight excluding hydrogens is 534 g/mol. The molecular formula is C32H29N5O3S. The Bertz CT molecular complexity index is 1620. The smallest absolute Gasteiger partial charge is 0.250 e. The van der Waals surface area contributed by atoms with E-state index in [1.165, 1.54) is 11.8 Å². The predicted molar refractivity (Wildman–Crippen MR) is 162 cm³/mol. The molecule has 1 aromatic heterocycles. The number of hydrogen-bond acceptors (Lipinski definition) is 7. The Balaban J connectivity index is 1.23. The molecule has 41 heavy (non-hydrogen) atoms. The summed E-state index contributed by atoms with van der Waals surface area (Å²) in [6.07, 6.45) is 1.57. The molecule has 1 amide bonds. The highest BCUT2D eigenvalue weighted by molar-refractivity contribution is 7.99. The highest BCUT2D eigenvalue weighted by atomic mass is 32.2. The van der Waals surface area contributed by atoms with Gasteiger partial charge in [-0.1, -0.05) is 90.1 Å². The Morgan fingerprint density at radius 1 is 0.927 bits per heavy atom. The third kappa shape index (κ3) is 7.20. The number of amides is 1. The Morgan fingerprint density at radius 2 is 1.66 bits per heavy atom. The minimum Gasteiger partial charge on any atom is -0.493 e. The summed E-state index contributed by atoms with van der Waals surface area (Å²) in [5.74, 6) is 1.77. The topological polar surface area (TPSA) is 90.6 Å². The van der Waals surface area contributed by atoms with Crippen LogP contribution in [0.5, 0.6) is 11.5 Å². The van der Waals surface area contributed by atoms with Crippen molar-refractivity contribution < 1.29 is 14.3 Å². The van der Waals surface area contributed by atoms with Crippen LogP contribution in [0.25, 0.3) is 17.1 Å². The summed E-state index contributed by atoms with van der Waals surface area (Å²) in [5.41, 5.74) is 7.42. The lowest BCUT2D eigenvalue weighted by atomic mass is 10.1. The average molecular weight is 564 g/mol. The summed E-state index contributed by atoms with van der Waals surface area (Å²) in [5, 5.41) is 13.6. The van der Waals surface area contributed by atoms with Crippen molar-refractivity contribution in [3.05, 3.63) is 120 Å². The molecule has 1 N–H and O–H groups in total. The number of nitrogens with zero attached hydrogens (tertiary/aromatic N) is 4. The first kappa shape index (κ1) is 27.7. The zero-order valence-corrected chi connectivity index (χ0v) is 23.5. The summed E-state index contributed by atoms with van der Waals surface area (Å²) in [6.45, 7) is 2.45. The zero-order chi connectivity index (χ0) is 28.4. The summed E-state index contributed by atoms with van der Waals surface area (Å²) in [4.78, 5) is 12.6.